The van der Waals surface area contributed by atoms with E-state index in [4.69, 9.17) is 13.7 Å². The van der Waals surface area contributed by atoms with Crippen molar-refractivity contribution in [1.29, 1.82) is 0 Å². The number of benzene rings is 1. The third-order valence-electron chi connectivity index (χ3n) is 8.45. The fraction of sp³-hybridized carbons (Fsp3) is 0.538. The van der Waals surface area contributed by atoms with Gasteiger partial charge in [0, 0.05) is 17.8 Å². The number of hydrogen-bond donors (Lipinski definition) is 0. The van der Waals surface area contributed by atoms with Gasteiger partial charge in [-0.05, 0) is 79.2 Å². The van der Waals surface area contributed by atoms with Crippen molar-refractivity contribution >= 4 is 55.4 Å². The maximum absolute atomic E-state index is 14.4. The highest BCUT2D eigenvalue weighted by atomic mass is 127. The number of ketones is 1. The molecule has 4 unspecified atom stereocenters. The quantitative estimate of drug-likeness (QED) is 0.173. The minimum absolute atomic E-state index is 0.0189. The van der Waals surface area contributed by atoms with Crippen LogP contribution in [0.15, 0.2) is 50.1 Å². The van der Waals surface area contributed by atoms with Gasteiger partial charge in [0.25, 0.3) is 0 Å². The molecule has 4 atom stereocenters. The largest absolute Gasteiger partial charge is 0.382 e. The van der Waals surface area contributed by atoms with Crippen molar-refractivity contribution in [2.24, 2.45) is 22.2 Å². The van der Waals surface area contributed by atoms with Crippen LogP contribution in [0.1, 0.15) is 39.7 Å². The van der Waals surface area contributed by atoms with Crippen LogP contribution in [-0.2, 0) is 33.4 Å². The number of carbonyl (C=O) groups is 2. The predicted octanol–water partition coefficient (Wildman–Crippen LogP) is 5.18. The van der Waals surface area contributed by atoms with Crippen LogP contribution in [0.25, 0.3) is 0 Å². The van der Waals surface area contributed by atoms with Gasteiger partial charge in [0.15, 0.2) is 5.12 Å². The molecule has 0 saturated heterocycles. The molecule has 0 radical (unpaired) electrons. The second-order valence-corrected chi connectivity index (χ2v) is 13.7. The molecule has 10 heteroatoms. The molecular formula is C26H31IO7S2. The molecule has 7 nitrogen and oxygen atoms in total. The summed E-state index contributed by atoms with van der Waals surface area (Å²) in [6.45, 7) is 9.07. The number of thioether (sulfide) groups is 1. The first kappa shape index (κ1) is 27.8. The van der Waals surface area contributed by atoms with E-state index in [1.165, 1.54) is 26.4 Å². The maximum Gasteiger partial charge on any atom is 0.338 e. The summed E-state index contributed by atoms with van der Waals surface area (Å²) in [5.41, 5.74) is -2.69. The van der Waals surface area contributed by atoms with Gasteiger partial charge in [-0.1, -0.05) is 49.4 Å². The predicted molar refractivity (Wildman–Crippen MR) is 146 cm³/mol. The van der Waals surface area contributed by atoms with Crippen molar-refractivity contribution in [3.8, 4) is 0 Å². The van der Waals surface area contributed by atoms with E-state index in [9.17, 15) is 18.0 Å². The van der Waals surface area contributed by atoms with E-state index in [2.05, 4.69) is 0 Å². The minimum atomic E-state index is -4.31. The summed E-state index contributed by atoms with van der Waals surface area (Å²) in [6.07, 6.45) is 2.51. The van der Waals surface area contributed by atoms with Gasteiger partial charge in [-0.2, -0.15) is 8.42 Å². The zero-order valence-corrected chi connectivity index (χ0v) is 25.2. The van der Waals surface area contributed by atoms with Crippen molar-refractivity contribution < 1.29 is 31.7 Å². The van der Waals surface area contributed by atoms with E-state index in [-0.39, 0.29) is 27.5 Å². The van der Waals surface area contributed by atoms with E-state index in [1.807, 2.05) is 49.4 Å². The summed E-state index contributed by atoms with van der Waals surface area (Å²) in [5.74, 6) is -2.02. The Bertz CT molecular complexity index is 1300. The van der Waals surface area contributed by atoms with Crippen molar-refractivity contribution in [1.82, 2.24) is 0 Å². The Morgan fingerprint density at radius 1 is 1.17 bits per heavy atom. The fourth-order valence-electron chi connectivity index (χ4n) is 6.39. The van der Waals surface area contributed by atoms with E-state index in [1.54, 1.807) is 26.0 Å². The Balaban J connectivity index is 2.10. The molecular weight excluding hydrogens is 615 g/mol. The number of Topliss-reactive ketones (excluding diaryl/α,β-unsaturated/α-hetero) is 1. The highest BCUT2D eigenvalue weighted by molar-refractivity contribution is 14.1. The summed E-state index contributed by atoms with van der Waals surface area (Å²) in [5, 5.41) is -0.194. The molecule has 1 fully saturated rings. The number of methoxy groups -OCH3 is 2. The van der Waals surface area contributed by atoms with Gasteiger partial charge in [0.05, 0.1) is 10.8 Å². The van der Waals surface area contributed by atoms with Crippen molar-refractivity contribution in [3.05, 3.63) is 50.8 Å². The second-order valence-electron chi connectivity index (χ2n) is 9.88. The third kappa shape index (κ3) is 3.08. The molecule has 0 amide bonds. The Morgan fingerprint density at radius 2 is 1.75 bits per heavy atom. The molecule has 1 saturated carbocycles. The average Bonchev–Trinajstić information content (AvgIpc) is 3.19. The van der Waals surface area contributed by atoms with Crippen LogP contribution in [0.3, 0.4) is 0 Å². The van der Waals surface area contributed by atoms with Gasteiger partial charge in [-0.3, -0.25) is 9.59 Å². The summed E-state index contributed by atoms with van der Waals surface area (Å²) in [4.78, 5) is 28.4. The molecule has 196 valence electrons. The lowest BCUT2D eigenvalue weighted by atomic mass is 9.40. The first-order valence-corrected chi connectivity index (χ1v) is 15.2. The van der Waals surface area contributed by atoms with Gasteiger partial charge in [0.2, 0.25) is 11.6 Å². The second kappa shape index (κ2) is 8.93. The number of fused-ring (bicyclic) bond motifs is 1. The molecule has 1 aromatic carbocycles. The number of ether oxygens (including phenoxy) is 2. The van der Waals surface area contributed by atoms with E-state index < -0.39 is 32.2 Å². The van der Waals surface area contributed by atoms with Gasteiger partial charge >= 0.3 is 10.1 Å². The Labute approximate surface area is 230 Å². The molecule has 4 aliphatic carbocycles. The SMILES string of the molecule is CCSC(=O)C1(C)C2=CCC(C)C23C(=O)C(OC)(OC)C1(C)C(OS(=O)(=O)c1ccc(C)cc1)=C3I. The zero-order valence-electron chi connectivity index (χ0n) is 21.4. The Hall–Kier alpha value is -1.21. The topological polar surface area (TPSA) is 96.0 Å². The Morgan fingerprint density at radius 3 is 2.28 bits per heavy atom. The minimum Gasteiger partial charge on any atom is -0.382 e. The maximum atomic E-state index is 14.4. The molecule has 1 spiro atoms. The molecule has 4 aliphatic rings. The van der Waals surface area contributed by atoms with Crippen LogP contribution in [0.4, 0.5) is 0 Å². The lowest BCUT2D eigenvalue weighted by Crippen LogP contribution is -2.77. The van der Waals surface area contributed by atoms with Gasteiger partial charge in [-0.25, -0.2) is 0 Å². The number of carbonyl (C=O) groups excluding carboxylic acids is 2. The van der Waals surface area contributed by atoms with E-state index in [0.29, 0.717) is 21.3 Å². The Kier molecular flexibility index (Phi) is 6.90. The first-order chi connectivity index (χ1) is 16.8. The molecule has 2 bridgehead atoms. The normalized spacial score (nSPS) is 32.9. The van der Waals surface area contributed by atoms with Crippen molar-refractivity contribution in [3.63, 3.8) is 0 Å². The highest BCUT2D eigenvalue weighted by Crippen LogP contribution is 2.78. The first-order valence-electron chi connectivity index (χ1n) is 11.7. The molecule has 0 aromatic heterocycles. The zero-order chi connectivity index (χ0) is 26.9. The summed E-state index contributed by atoms with van der Waals surface area (Å²) < 4.78 is 45.4. The smallest absolute Gasteiger partial charge is 0.338 e. The monoisotopic (exact) mass is 646 g/mol. The third-order valence-corrected chi connectivity index (χ3v) is 12.0. The molecule has 5 rings (SSSR count). The molecule has 1 aromatic rings. The van der Waals surface area contributed by atoms with Crippen LogP contribution < -0.4 is 0 Å². The van der Waals surface area contributed by atoms with Crippen LogP contribution in [0, 0.1) is 29.1 Å². The standard InChI is InChI=1S/C26H31IO7S2/c1-8-35-22(29)23(4)18-14-11-16(3)25(18)19(27)20(24(23,5)26(32-6,33-7)21(25)28)34-36(30,31)17-12-9-15(2)10-13-17/h9-10,12-14,16H,8,11H2,1-7H3. The van der Waals surface area contributed by atoms with E-state index >= 15 is 0 Å². The molecule has 0 heterocycles. The molecule has 36 heavy (non-hydrogen) atoms. The number of rotatable bonds is 7. The number of hydrogen-bond acceptors (Lipinski definition) is 8. The molecule has 0 N–H and O–H groups in total. The lowest BCUT2D eigenvalue weighted by molar-refractivity contribution is -0.287. The highest BCUT2D eigenvalue weighted by Gasteiger charge is 2.84. The van der Waals surface area contributed by atoms with Crippen LogP contribution in [0.5, 0.6) is 0 Å². The van der Waals surface area contributed by atoms with Crippen molar-refractivity contribution in [2.45, 2.75) is 51.7 Å². The number of aryl methyl sites for hydroxylation is 1. The summed E-state index contributed by atoms with van der Waals surface area (Å²) in [7, 11) is -1.61. The van der Waals surface area contributed by atoms with Gasteiger partial charge < -0.3 is 13.7 Å². The lowest BCUT2D eigenvalue weighted by Gasteiger charge is -2.66. The van der Waals surface area contributed by atoms with Gasteiger partial charge in [0.1, 0.15) is 16.1 Å². The van der Waals surface area contributed by atoms with Crippen LogP contribution >= 0.6 is 34.4 Å². The van der Waals surface area contributed by atoms with Gasteiger partial charge in [-0.15, -0.1) is 0 Å². The van der Waals surface area contributed by atoms with Crippen LogP contribution in [-0.4, -0.2) is 45.1 Å². The van der Waals surface area contributed by atoms with Crippen LogP contribution in [0.2, 0.25) is 0 Å². The average molecular weight is 647 g/mol. The number of halogens is 1. The summed E-state index contributed by atoms with van der Waals surface area (Å²) in [6, 6.07) is 6.33. The number of allylic oxidation sites excluding steroid dienone is 3. The van der Waals surface area contributed by atoms with E-state index in [0.717, 1.165) is 17.3 Å². The summed E-state index contributed by atoms with van der Waals surface area (Å²) >= 11 is 3.17. The fourth-order valence-corrected chi connectivity index (χ4v) is 10.2. The van der Waals surface area contributed by atoms with Crippen molar-refractivity contribution in [2.75, 3.05) is 20.0 Å². The molecule has 0 aliphatic heterocycles.